The Morgan fingerprint density at radius 1 is 1.10 bits per heavy atom. The summed E-state index contributed by atoms with van der Waals surface area (Å²) in [5, 5.41) is 12.6. The summed E-state index contributed by atoms with van der Waals surface area (Å²) in [6.07, 6.45) is 2.18. The first kappa shape index (κ1) is 21.6. The van der Waals surface area contributed by atoms with Gasteiger partial charge in [0.25, 0.3) is 0 Å². The van der Waals surface area contributed by atoms with Crippen LogP contribution in [0.15, 0.2) is 67.0 Å². The highest BCUT2D eigenvalue weighted by Crippen LogP contribution is 2.32. The van der Waals surface area contributed by atoms with Gasteiger partial charge in [-0.25, -0.2) is 14.8 Å². The molecular formula is C23H22N4O4. The molecule has 0 saturated heterocycles. The molecule has 158 valence electrons. The number of ether oxygens (including phenoxy) is 3. The first-order valence-corrected chi connectivity index (χ1v) is 9.65. The van der Waals surface area contributed by atoms with Crippen LogP contribution < -0.4 is 10.1 Å². The maximum atomic E-state index is 11.6. The van der Waals surface area contributed by atoms with Crippen molar-refractivity contribution in [3.05, 3.63) is 83.7 Å². The molecule has 0 radical (unpaired) electrons. The number of hydrogen-bond acceptors (Lipinski definition) is 8. The minimum atomic E-state index is -0.804. The second-order valence-corrected chi connectivity index (χ2v) is 6.75. The summed E-state index contributed by atoms with van der Waals surface area (Å²) in [4.78, 5) is 20.1. The lowest BCUT2D eigenvalue weighted by molar-refractivity contribution is -0.00845. The molecule has 0 aliphatic carbocycles. The molecule has 0 aliphatic rings. The van der Waals surface area contributed by atoms with Gasteiger partial charge in [-0.2, -0.15) is 5.26 Å². The molecule has 0 bridgehead atoms. The highest BCUT2D eigenvalue weighted by molar-refractivity contribution is 5.60. The van der Waals surface area contributed by atoms with Crippen LogP contribution in [-0.4, -0.2) is 29.0 Å². The summed E-state index contributed by atoms with van der Waals surface area (Å²) >= 11 is 0. The van der Waals surface area contributed by atoms with E-state index < -0.39 is 12.2 Å². The van der Waals surface area contributed by atoms with Crippen molar-refractivity contribution in [3.8, 4) is 11.8 Å². The van der Waals surface area contributed by atoms with Crippen LogP contribution in [0.5, 0.6) is 5.75 Å². The van der Waals surface area contributed by atoms with E-state index in [4.69, 9.17) is 14.2 Å². The van der Waals surface area contributed by atoms with Gasteiger partial charge in [-0.3, -0.25) is 0 Å². The van der Waals surface area contributed by atoms with E-state index in [0.29, 0.717) is 17.3 Å². The van der Waals surface area contributed by atoms with Gasteiger partial charge in [0.1, 0.15) is 5.75 Å². The number of carbonyl (C=O) groups excluding carboxylic acids is 1. The van der Waals surface area contributed by atoms with E-state index in [-0.39, 0.29) is 12.9 Å². The summed E-state index contributed by atoms with van der Waals surface area (Å²) in [5.74, 6) is 0.914. The number of nitrogens with zero attached hydrogens (tertiary/aromatic N) is 3. The standard InChI is InChI=1S/C23H22N4O4/c1-16(2)31-23(28)30-15-29-20-10-4-3-9-19(20)21(27-22-25-11-6-12-26-22)18-8-5-7-17(13-18)14-24/h3-13,16,21H,15H2,1-2H3,(H,25,26,27). The zero-order chi connectivity index (χ0) is 22.1. The molecule has 0 saturated carbocycles. The highest BCUT2D eigenvalue weighted by Gasteiger charge is 2.20. The van der Waals surface area contributed by atoms with Crippen LogP contribution in [0, 0.1) is 11.3 Å². The van der Waals surface area contributed by atoms with E-state index in [2.05, 4.69) is 21.4 Å². The molecule has 0 fully saturated rings. The van der Waals surface area contributed by atoms with Crippen molar-refractivity contribution in [2.24, 2.45) is 0 Å². The van der Waals surface area contributed by atoms with Crippen LogP contribution in [0.1, 0.15) is 36.6 Å². The molecule has 2 aromatic carbocycles. The zero-order valence-corrected chi connectivity index (χ0v) is 17.2. The van der Waals surface area contributed by atoms with Gasteiger partial charge >= 0.3 is 6.16 Å². The molecule has 8 heteroatoms. The van der Waals surface area contributed by atoms with E-state index in [1.165, 1.54) is 0 Å². The second-order valence-electron chi connectivity index (χ2n) is 6.75. The molecule has 0 amide bonds. The topological polar surface area (TPSA) is 106 Å². The lowest BCUT2D eigenvalue weighted by Crippen LogP contribution is -2.18. The largest absolute Gasteiger partial charge is 0.511 e. The minimum Gasteiger partial charge on any atom is -0.457 e. The van der Waals surface area contributed by atoms with Crippen LogP contribution in [0.3, 0.4) is 0 Å². The van der Waals surface area contributed by atoms with Crippen molar-refractivity contribution in [1.82, 2.24) is 9.97 Å². The summed E-state index contributed by atoms with van der Waals surface area (Å²) in [6.45, 7) is 3.15. The Labute approximate surface area is 180 Å². The molecule has 3 aromatic rings. The van der Waals surface area contributed by atoms with E-state index in [1.807, 2.05) is 30.3 Å². The molecule has 1 atom stereocenters. The molecule has 31 heavy (non-hydrogen) atoms. The molecule has 0 spiro atoms. The fourth-order valence-electron chi connectivity index (χ4n) is 2.85. The molecule has 1 aromatic heterocycles. The van der Waals surface area contributed by atoms with Gasteiger partial charge in [0, 0.05) is 18.0 Å². The number of aromatic nitrogens is 2. The average Bonchev–Trinajstić information content (AvgIpc) is 2.78. The van der Waals surface area contributed by atoms with E-state index in [0.717, 1.165) is 11.1 Å². The Bertz CT molecular complexity index is 1050. The Kier molecular flexibility index (Phi) is 7.38. The quantitative estimate of drug-likeness (QED) is 0.422. The van der Waals surface area contributed by atoms with Gasteiger partial charge in [-0.15, -0.1) is 0 Å². The summed E-state index contributed by atoms with van der Waals surface area (Å²) in [6, 6.07) is 18.0. The smallest absolute Gasteiger partial charge is 0.457 e. The van der Waals surface area contributed by atoms with Crippen molar-refractivity contribution in [3.63, 3.8) is 0 Å². The number of nitrogens with one attached hydrogen (secondary N) is 1. The third-order valence-corrected chi connectivity index (χ3v) is 4.14. The number of benzene rings is 2. The summed E-state index contributed by atoms with van der Waals surface area (Å²) < 4.78 is 15.6. The molecule has 1 N–H and O–H groups in total. The number of rotatable bonds is 8. The first-order chi connectivity index (χ1) is 15.1. The normalized spacial score (nSPS) is 11.3. The van der Waals surface area contributed by atoms with Gasteiger partial charge < -0.3 is 19.5 Å². The number of carbonyl (C=O) groups is 1. The molecule has 1 heterocycles. The third kappa shape index (κ3) is 6.18. The van der Waals surface area contributed by atoms with Gasteiger partial charge in [0.05, 0.1) is 23.8 Å². The fourth-order valence-corrected chi connectivity index (χ4v) is 2.85. The summed E-state index contributed by atoms with van der Waals surface area (Å²) in [5.41, 5.74) is 2.10. The van der Waals surface area contributed by atoms with E-state index in [9.17, 15) is 10.1 Å². The average molecular weight is 418 g/mol. The Balaban J connectivity index is 1.88. The van der Waals surface area contributed by atoms with Crippen molar-refractivity contribution < 1.29 is 19.0 Å². The van der Waals surface area contributed by atoms with E-state index >= 15 is 0 Å². The number of para-hydroxylation sites is 1. The Morgan fingerprint density at radius 2 is 1.87 bits per heavy atom. The van der Waals surface area contributed by atoms with Crippen molar-refractivity contribution in [2.75, 3.05) is 12.1 Å². The molecule has 8 nitrogen and oxygen atoms in total. The Morgan fingerprint density at radius 3 is 2.61 bits per heavy atom. The fraction of sp³-hybridized carbons (Fsp3) is 0.217. The van der Waals surface area contributed by atoms with E-state index in [1.54, 1.807) is 50.5 Å². The molecular weight excluding hydrogens is 396 g/mol. The minimum absolute atomic E-state index is 0.286. The lowest BCUT2D eigenvalue weighted by Gasteiger charge is -2.22. The lowest BCUT2D eigenvalue weighted by atomic mass is 9.96. The third-order valence-electron chi connectivity index (χ3n) is 4.14. The van der Waals surface area contributed by atoms with Crippen LogP contribution in [0.25, 0.3) is 0 Å². The van der Waals surface area contributed by atoms with Crippen molar-refractivity contribution >= 4 is 12.1 Å². The SMILES string of the molecule is CC(C)OC(=O)OCOc1ccccc1C(Nc1ncccn1)c1cccc(C#N)c1. The predicted molar refractivity (Wildman–Crippen MR) is 113 cm³/mol. The Hall–Kier alpha value is -4.12. The maximum Gasteiger partial charge on any atom is 0.511 e. The number of hydrogen-bond donors (Lipinski definition) is 1. The monoisotopic (exact) mass is 418 g/mol. The van der Waals surface area contributed by atoms with Crippen LogP contribution >= 0.6 is 0 Å². The van der Waals surface area contributed by atoms with Crippen LogP contribution in [0.2, 0.25) is 0 Å². The molecule has 1 unspecified atom stereocenters. The van der Waals surface area contributed by atoms with Gasteiger partial charge in [0.2, 0.25) is 12.7 Å². The van der Waals surface area contributed by atoms with Crippen molar-refractivity contribution in [1.29, 1.82) is 5.26 Å². The maximum absolute atomic E-state index is 11.6. The first-order valence-electron chi connectivity index (χ1n) is 9.65. The predicted octanol–water partition coefficient (Wildman–Crippen LogP) is 4.45. The van der Waals surface area contributed by atoms with Gasteiger partial charge in [0.15, 0.2) is 0 Å². The summed E-state index contributed by atoms with van der Waals surface area (Å²) in [7, 11) is 0. The van der Waals surface area contributed by atoms with Gasteiger partial charge in [-0.1, -0.05) is 30.3 Å². The molecule has 0 aliphatic heterocycles. The van der Waals surface area contributed by atoms with Gasteiger partial charge in [-0.05, 0) is 43.7 Å². The second kappa shape index (κ2) is 10.6. The van der Waals surface area contributed by atoms with Crippen LogP contribution in [-0.2, 0) is 9.47 Å². The number of nitriles is 1. The highest BCUT2D eigenvalue weighted by atomic mass is 16.8. The van der Waals surface area contributed by atoms with Crippen LogP contribution in [0.4, 0.5) is 10.7 Å². The van der Waals surface area contributed by atoms with Crippen molar-refractivity contribution in [2.45, 2.75) is 26.0 Å². The number of anilines is 1. The zero-order valence-electron chi connectivity index (χ0n) is 17.2. The molecule has 3 rings (SSSR count).